The van der Waals surface area contributed by atoms with E-state index in [2.05, 4.69) is 31.6 Å². The first-order valence-electron chi connectivity index (χ1n) is 8.76. The molecule has 1 aromatic carbocycles. The molecule has 1 amide bonds. The van der Waals surface area contributed by atoms with Gasteiger partial charge in [-0.15, -0.1) is 11.3 Å². The molecule has 0 saturated heterocycles. The SMILES string of the molecule is Cc1csc(CCCCNC(=O)c2ccc(COc3ccc(Br)cc3)o2)n1. The fraction of sp³-hybridized carbons (Fsp3) is 0.300. The highest BCUT2D eigenvalue weighted by atomic mass is 79.9. The van der Waals surface area contributed by atoms with Gasteiger partial charge in [-0.25, -0.2) is 4.98 Å². The predicted molar refractivity (Wildman–Crippen MR) is 109 cm³/mol. The van der Waals surface area contributed by atoms with Crippen LogP contribution in [-0.2, 0) is 13.0 Å². The molecule has 0 fully saturated rings. The molecule has 3 aromatic rings. The largest absolute Gasteiger partial charge is 0.486 e. The Morgan fingerprint density at radius 2 is 2.04 bits per heavy atom. The first-order chi connectivity index (χ1) is 13.1. The van der Waals surface area contributed by atoms with E-state index < -0.39 is 0 Å². The zero-order valence-electron chi connectivity index (χ0n) is 15.0. The number of aromatic nitrogens is 1. The molecule has 0 atom stereocenters. The van der Waals surface area contributed by atoms with Crippen molar-refractivity contribution in [3.05, 3.63) is 68.5 Å². The summed E-state index contributed by atoms with van der Waals surface area (Å²) in [5.74, 6) is 1.47. The summed E-state index contributed by atoms with van der Waals surface area (Å²) < 4.78 is 12.2. The van der Waals surface area contributed by atoms with Crippen LogP contribution in [-0.4, -0.2) is 17.4 Å². The van der Waals surface area contributed by atoms with E-state index in [1.165, 1.54) is 0 Å². The Hall–Kier alpha value is -2.12. The molecule has 0 aliphatic rings. The van der Waals surface area contributed by atoms with Gasteiger partial charge in [0.1, 0.15) is 18.1 Å². The van der Waals surface area contributed by atoms with Gasteiger partial charge in [0.25, 0.3) is 5.91 Å². The van der Waals surface area contributed by atoms with Crippen molar-refractivity contribution in [2.75, 3.05) is 6.54 Å². The molecular formula is C20H21BrN2O3S. The maximum atomic E-state index is 12.1. The molecule has 2 heterocycles. The normalized spacial score (nSPS) is 10.7. The number of ether oxygens (including phenoxy) is 1. The number of nitrogens with zero attached hydrogens (tertiary/aromatic N) is 1. The first kappa shape index (κ1) is 19.6. The van der Waals surface area contributed by atoms with Crippen molar-refractivity contribution in [1.82, 2.24) is 10.3 Å². The Labute approximate surface area is 170 Å². The van der Waals surface area contributed by atoms with Crippen LogP contribution in [0.5, 0.6) is 5.75 Å². The number of thiazole rings is 1. The van der Waals surface area contributed by atoms with Gasteiger partial charge in [0.05, 0.1) is 5.01 Å². The van der Waals surface area contributed by atoms with Gasteiger partial charge in [-0.3, -0.25) is 4.79 Å². The molecule has 5 nitrogen and oxygen atoms in total. The number of hydrogen-bond acceptors (Lipinski definition) is 5. The second kappa shape index (κ2) is 9.71. The number of halogens is 1. The lowest BCUT2D eigenvalue weighted by Crippen LogP contribution is -2.24. The second-order valence-corrected chi connectivity index (χ2v) is 7.96. The number of aryl methyl sites for hydroxylation is 2. The first-order valence-corrected chi connectivity index (χ1v) is 10.4. The van der Waals surface area contributed by atoms with E-state index in [0.717, 1.165) is 40.2 Å². The molecule has 0 spiro atoms. The molecule has 142 valence electrons. The van der Waals surface area contributed by atoms with Crippen molar-refractivity contribution >= 4 is 33.2 Å². The Morgan fingerprint density at radius 3 is 2.78 bits per heavy atom. The average molecular weight is 449 g/mol. The van der Waals surface area contributed by atoms with E-state index in [0.29, 0.717) is 18.1 Å². The van der Waals surface area contributed by atoms with E-state index in [4.69, 9.17) is 9.15 Å². The Bertz CT molecular complexity index is 873. The molecule has 0 bridgehead atoms. The van der Waals surface area contributed by atoms with Crippen LogP contribution in [0.1, 0.15) is 39.9 Å². The van der Waals surface area contributed by atoms with E-state index >= 15 is 0 Å². The van der Waals surface area contributed by atoms with Crippen molar-refractivity contribution in [3.8, 4) is 5.75 Å². The molecule has 0 aliphatic carbocycles. The standard InChI is InChI=1S/C20H21BrN2O3S/c1-14-13-27-19(23-14)4-2-3-11-22-20(24)18-10-9-17(26-18)12-25-16-7-5-15(21)6-8-16/h5-10,13H,2-4,11-12H2,1H3,(H,22,24). The highest BCUT2D eigenvalue weighted by Gasteiger charge is 2.11. The lowest BCUT2D eigenvalue weighted by molar-refractivity contribution is 0.0921. The summed E-state index contributed by atoms with van der Waals surface area (Å²) in [5, 5.41) is 6.10. The van der Waals surface area contributed by atoms with Gasteiger partial charge in [0.15, 0.2) is 5.76 Å². The Balaban J connectivity index is 1.37. The fourth-order valence-electron chi connectivity index (χ4n) is 2.47. The van der Waals surface area contributed by atoms with Gasteiger partial charge in [0, 0.05) is 22.1 Å². The van der Waals surface area contributed by atoms with Crippen molar-refractivity contribution in [2.45, 2.75) is 32.8 Å². The van der Waals surface area contributed by atoms with Gasteiger partial charge in [-0.1, -0.05) is 15.9 Å². The monoisotopic (exact) mass is 448 g/mol. The number of unbranched alkanes of at least 4 members (excludes halogenated alkanes) is 1. The van der Waals surface area contributed by atoms with Crippen molar-refractivity contribution < 1.29 is 13.9 Å². The minimum atomic E-state index is -0.199. The highest BCUT2D eigenvalue weighted by Crippen LogP contribution is 2.18. The number of nitrogens with one attached hydrogen (secondary N) is 1. The number of furan rings is 1. The van der Waals surface area contributed by atoms with E-state index in [1.807, 2.05) is 31.2 Å². The number of benzene rings is 1. The lowest BCUT2D eigenvalue weighted by atomic mass is 10.2. The van der Waals surface area contributed by atoms with Crippen LogP contribution in [0.3, 0.4) is 0 Å². The topological polar surface area (TPSA) is 64.4 Å². The van der Waals surface area contributed by atoms with E-state index in [-0.39, 0.29) is 12.5 Å². The highest BCUT2D eigenvalue weighted by molar-refractivity contribution is 9.10. The van der Waals surface area contributed by atoms with Crippen molar-refractivity contribution in [1.29, 1.82) is 0 Å². The third-order valence-corrected chi connectivity index (χ3v) is 5.40. The molecule has 3 rings (SSSR count). The number of carbonyl (C=O) groups is 1. The molecule has 1 N–H and O–H groups in total. The number of hydrogen-bond donors (Lipinski definition) is 1. The van der Waals surface area contributed by atoms with Crippen LogP contribution < -0.4 is 10.1 Å². The molecule has 7 heteroatoms. The molecule has 0 saturated carbocycles. The fourth-order valence-corrected chi connectivity index (χ4v) is 3.55. The van der Waals surface area contributed by atoms with Crippen LogP contribution in [0.2, 0.25) is 0 Å². The quantitative estimate of drug-likeness (QED) is 0.460. The zero-order chi connectivity index (χ0) is 19.1. The molecule has 0 aliphatic heterocycles. The van der Waals surface area contributed by atoms with E-state index in [9.17, 15) is 4.79 Å². The van der Waals surface area contributed by atoms with E-state index in [1.54, 1.807) is 23.5 Å². The summed E-state index contributed by atoms with van der Waals surface area (Å²) in [6.07, 6.45) is 2.86. The maximum absolute atomic E-state index is 12.1. The summed E-state index contributed by atoms with van der Waals surface area (Å²) in [7, 11) is 0. The van der Waals surface area contributed by atoms with Crippen LogP contribution in [0.25, 0.3) is 0 Å². The smallest absolute Gasteiger partial charge is 0.286 e. The molecule has 2 aromatic heterocycles. The van der Waals surface area contributed by atoms with Crippen molar-refractivity contribution in [3.63, 3.8) is 0 Å². The average Bonchev–Trinajstić information content (AvgIpc) is 3.30. The van der Waals surface area contributed by atoms with Crippen LogP contribution >= 0.6 is 27.3 Å². The minimum absolute atomic E-state index is 0.199. The predicted octanol–water partition coefficient (Wildman–Crippen LogP) is 5.14. The number of amides is 1. The Morgan fingerprint density at radius 1 is 1.22 bits per heavy atom. The third kappa shape index (κ3) is 6.22. The lowest BCUT2D eigenvalue weighted by Gasteiger charge is -2.04. The van der Waals surface area contributed by atoms with Gasteiger partial charge in [0.2, 0.25) is 0 Å². The van der Waals surface area contributed by atoms with Crippen LogP contribution in [0.15, 0.2) is 50.7 Å². The summed E-state index contributed by atoms with van der Waals surface area (Å²) in [4.78, 5) is 16.6. The van der Waals surface area contributed by atoms with Crippen LogP contribution in [0, 0.1) is 6.92 Å². The minimum Gasteiger partial charge on any atom is -0.486 e. The number of carbonyl (C=O) groups excluding carboxylic acids is 1. The third-order valence-electron chi connectivity index (χ3n) is 3.85. The Kier molecular flexibility index (Phi) is 7.06. The summed E-state index contributed by atoms with van der Waals surface area (Å²) in [6.45, 7) is 2.90. The number of rotatable bonds is 9. The molecule has 0 unspecified atom stereocenters. The summed E-state index contributed by atoms with van der Waals surface area (Å²) >= 11 is 5.07. The molecule has 0 radical (unpaired) electrons. The van der Waals surface area contributed by atoms with Crippen molar-refractivity contribution in [2.24, 2.45) is 0 Å². The van der Waals surface area contributed by atoms with Gasteiger partial charge >= 0.3 is 0 Å². The second-order valence-electron chi connectivity index (χ2n) is 6.10. The van der Waals surface area contributed by atoms with Gasteiger partial charge < -0.3 is 14.5 Å². The molecule has 27 heavy (non-hydrogen) atoms. The summed E-state index contributed by atoms with van der Waals surface area (Å²) in [5.41, 5.74) is 1.07. The summed E-state index contributed by atoms with van der Waals surface area (Å²) in [6, 6.07) is 11.0. The zero-order valence-corrected chi connectivity index (χ0v) is 17.4. The van der Waals surface area contributed by atoms with Gasteiger partial charge in [-0.2, -0.15) is 0 Å². The maximum Gasteiger partial charge on any atom is 0.286 e. The van der Waals surface area contributed by atoms with Crippen LogP contribution in [0.4, 0.5) is 0 Å². The van der Waals surface area contributed by atoms with Gasteiger partial charge in [-0.05, 0) is 62.6 Å². The molecular weight excluding hydrogens is 428 g/mol.